The molecule has 0 fully saturated rings. The van der Waals surface area contributed by atoms with Crippen LogP contribution >= 0.6 is 22.9 Å². The zero-order valence-electron chi connectivity index (χ0n) is 18.3. The van der Waals surface area contributed by atoms with Crippen molar-refractivity contribution in [3.63, 3.8) is 0 Å². The van der Waals surface area contributed by atoms with E-state index < -0.39 is 6.04 Å². The minimum Gasteiger partial charge on any atom is -0.217 e. The number of benzene rings is 3. The lowest BCUT2D eigenvalue weighted by Gasteiger charge is -2.05. The number of halogens is 1. The van der Waals surface area contributed by atoms with E-state index in [1.807, 2.05) is 42.5 Å². The molecule has 2 nitrogen and oxygen atoms in total. The van der Waals surface area contributed by atoms with Gasteiger partial charge in [0.1, 0.15) is 4.83 Å². The van der Waals surface area contributed by atoms with Crippen LogP contribution in [0.25, 0.3) is 42.7 Å². The number of aromatic nitrogens is 2. The highest BCUT2D eigenvalue weighted by molar-refractivity contribution is 7.25. The van der Waals surface area contributed by atoms with Crippen molar-refractivity contribution in [3.05, 3.63) is 84.0 Å². The highest BCUT2D eigenvalue weighted by Crippen LogP contribution is 2.40. The number of thiophene rings is 1. The standard InChI is InChI=1S/C22H13ClN2S/c23-22-24-20(15-9-5-2-6-10-15)19-17-13-16(14-7-3-1-4-8-14)11-12-18(17)26-21(19)25-22/h1-13H/i1D,3D,4D,7D,8D. The second-order valence-corrected chi connectivity index (χ2v) is 7.07. The lowest BCUT2D eigenvalue weighted by Crippen LogP contribution is -1.89. The molecule has 0 unspecified atom stereocenters. The summed E-state index contributed by atoms with van der Waals surface area (Å²) in [4.78, 5) is 9.59. The normalized spacial score (nSPS) is 14.0. The molecule has 2 heterocycles. The molecule has 0 bridgehead atoms. The number of fused-ring (bicyclic) bond motifs is 3. The number of hydrogen-bond donors (Lipinski definition) is 0. The van der Waals surface area contributed by atoms with E-state index in [0.717, 1.165) is 25.9 Å². The van der Waals surface area contributed by atoms with E-state index >= 15 is 0 Å². The predicted molar refractivity (Wildman–Crippen MR) is 111 cm³/mol. The van der Waals surface area contributed by atoms with Crippen molar-refractivity contribution in [1.82, 2.24) is 9.97 Å². The summed E-state index contributed by atoms with van der Waals surface area (Å²) in [5.74, 6) is 0. The third-order valence-electron chi connectivity index (χ3n) is 4.14. The molecule has 4 heteroatoms. The van der Waals surface area contributed by atoms with Crippen LogP contribution in [-0.4, -0.2) is 9.97 Å². The smallest absolute Gasteiger partial charge is 0.217 e. The second-order valence-electron chi connectivity index (χ2n) is 5.70. The van der Waals surface area contributed by atoms with Crippen molar-refractivity contribution in [2.75, 3.05) is 0 Å². The highest BCUT2D eigenvalue weighted by Gasteiger charge is 2.15. The monoisotopic (exact) mass is 377 g/mol. The molecule has 0 aliphatic heterocycles. The zero-order chi connectivity index (χ0) is 21.9. The van der Waals surface area contributed by atoms with Gasteiger partial charge in [0.15, 0.2) is 0 Å². The van der Waals surface area contributed by atoms with Crippen molar-refractivity contribution < 1.29 is 6.85 Å². The summed E-state index contributed by atoms with van der Waals surface area (Å²) in [6.45, 7) is 0. The molecule has 124 valence electrons. The van der Waals surface area contributed by atoms with E-state index in [2.05, 4.69) is 9.97 Å². The Kier molecular flexibility index (Phi) is 2.64. The van der Waals surface area contributed by atoms with Crippen LogP contribution in [0.15, 0.2) is 78.7 Å². The lowest BCUT2D eigenvalue weighted by atomic mass is 10.0. The maximum atomic E-state index is 8.30. The molecule has 0 saturated carbocycles. The fourth-order valence-corrected chi connectivity index (χ4v) is 4.28. The minimum atomic E-state index is -0.407. The average Bonchev–Trinajstić information content (AvgIpc) is 3.14. The summed E-state index contributed by atoms with van der Waals surface area (Å²) in [7, 11) is 0. The van der Waals surface area contributed by atoms with Crippen LogP contribution < -0.4 is 0 Å². The third kappa shape index (κ3) is 2.57. The summed E-state index contributed by atoms with van der Waals surface area (Å²) >= 11 is 7.67. The molecule has 0 N–H and O–H groups in total. The SMILES string of the molecule is [2H]c1c([2H])c([2H])c(-c2ccc3sc4nc(Cl)nc(-c5ccccc5)c4c3c2)c([2H])c1[2H]. The molecule has 0 amide bonds. The van der Waals surface area contributed by atoms with Gasteiger partial charge in [-0.25, -0.2) is 9.97 Å². The molecular formula is C22H13ClN2S. The van der Waals surface area contributed by atoms with Crippen LogP contribution in [0.2, 0.25) is 5.28 Å². The first-order chi connectivity index (χ1) is 14.9. The Morgan fingerprint density at radius 3 is 2.46 bits per heavy atom. The number of nitrogens with zero attached hydrogens (tertiary/aromatic N) is 2. The second kappa shape index (κ2) is 6.20. The zero-order valence-corrected chi connectivity index (χ0v) is 14.9. The molecule has 0 spiro atoms. The molecule has 5 rings (SSSR count). The average molecular weight is 378 g/mol. The van der Waals surface area contributed by atoms with Crippen molar-refractivity contribution in [3.8, 4) is 22.4 Å². The summed E-state index contributed by atoms with van der Waals surface area (Å²) in [5, 5.41) is 1.83. The van der Waals surface area contributed by atoms with Crippen molar-refractivity contribution >= 4 is 43.2 Å². The van der Waals surface area contributed by atoms with Crippen molar-refractivity contribution in [1.29, 1.82) is 0 Å². The third-order valence-corrected chi connectivity index (χ3v) is 5.37. The number of rotatable bonds is 2. The molecule has 0 saturated heterocycles. The molecular weight excluding hydrogens is 360 g/mol. The fourth-order valence-electron chi connectivity index (χ4n) is 3.00. The van der Waals surface area contributed by atoms with E-state index in [4.69, 9.17) is 18.5 Å². The molecule has 3 aromatic carbocycles. The Bertz CT molecular complexity index is 1470. The molecule has 5 aromatic rings. The quantitative estimate of drug-likeness (QED) is 0.315. The van der Waals surface area contributed by atoms with Crippen molar-refractivity contribution in [2.45, 2.75) is 0 Å². The van der Waals surface area contributed by atoms with Crippen LogP contribution in [0.1, 0.15) is 6.85 Å². The molecule has 2 aromatic heterocycles. The Labute approximate surface area is 166 Å². The van der Waals surface area contributed by atoms with Gasteiger partial charge in [0.2, 0.25) is 5.28 Å². The molecule has 0 aliphatic carbocycles. The van der Waals surface area contributed by atoms with Crippen LogP contribution in [0, 0.1) is 0 Å². The van der Waals surface area contributed by atoms with E-state index in [9.17, 15) is 0 Å². The Balaban J connectivity index is 1.85. The lowest BCUT2D eigenvalue weighted by molar-refractivity contribution is 1.24. The minimum absolute atomic E-state index is 0.156. The van der Waals surface area contributed by atoms with Gasteiger partial charge >= 0.3 is 0 Å². The Morgan fingerprint density at radius 1 is 0.846 bits per heavy atom. The van der Waals surface area contributed by atoms with Gasteiger partial charge in [-0.05, 0) is 34.9 Å². The van der Waals surface area contributed by atoms with Gasteiger partial charge in [-0.2, -0.15) is 0 Å². The Hall–Kier alpha value is -2.75. The molecule has 26 heavy (non-hydrogen) atoms. The van der Waals surface area contributed by atoms with Gasteiger partial charge in [-0.15, -0.1) is 11.3 Å². The highest BCUT2D eigenvalue weighted by atomic mass is 35.5. The summed E-state index contributed by atoms with van der Waals surface area (Å²) in [6, 6.07) is 13.6. The summed E-state index contributed by atoms with van der Waals surface area (Å²) in [6.07, 6.45) is 0. The molecule has 0 radical (unpaired) electrons. The van der Waals surface area contributed by atoms with Crippen molar-refractivity contribution in [2.24, 2.45) is 0 Å². The van der Waals surface area contributed by atoms with Crippen LogP contribution in [0.5, 0.6) is 0 Å². The van der Waals surface area contributed by atoms with E-state index in [-0.39, 0.29) is 35.0 Å². The van der Waals surface area contributed by atoms with Gasteiger partial charge in [0.05, 0.1) is 12.5 Å². The van der Waals surface area contributed by atoms with Crippen LogP contribution in [0.3, 0.4) is 0 Å². The van der Waals surface area contributed by atoms with Gasteiger partial charge in [-0.1, -0.05) is 66.6 Å². The first-order valence-electron chi connectivity index (χ1n) is 10.4. The predicted octanol–water partition coefficient (Wildman–Crippen LogP) is 6.83. The van der Waals surface area contributed by atoms with E-state index in [1.54, 1.807) is 6.07 Å². The molecule has 0 aliphatic rings. The van der Waals surface area contributed by atoms with E-state index in [1.165, 1.54) is 11.3 Å². The summed E-state index contributed by atoms with van der Waals surface area (Å²) < 4.78 is 41.3. The van der Waals surface area contributed by atoms with E-state index in [0.29, 0.717) is 11.3 Å². The largest absolute Gasteiger partial charge is 0.224 e. The Morgan fingerprint density at radius 2 is 1.65 bits per heavy atom. The molecule has 0 atom stereocenters. The van der Waals surface area contributed by atoms with Gasteiger partial charge in [-0.3, -0.25) is 0 Å². The maximum Gasteiger partial charge on any atom is 0.224 e. The van der Waals surface area contributed by atoms with Gasteiger partial charge in [0.25, 0.3) is 0 Å². The summed E-state index contributed by atoms with van der Waals surface area (Å²) in [5.41, 5.74) is 2.30. The first-order valence-corrected chi connectivity index (χ1v) is 9.08. The van der Waals surface area contributed by atoms with Gasteiger partial charge < -0.3 is 0 Å². The van der Waals surface area contributed by atoms with Gasteiger partial charge in [0, 0.05) is 21.0 Å². The van der Waals surface area contributed by atoms with Crippen LogP contribution in [0.4, 0.5) is 0 Å². The topological polar surface area (TPSA) is 25.8 Å². The first kappa shape index (κ1) is 11.1. The fraction of sp³-hybridized carbons (Fsp3) is 0. The van der Waals surface area contributed by atoms with Crippen LogP contribution in [-0.2, 0) is 0 Å². The number of hydrogen-bond acceptors (Lipinski definition) is 3. The maximum absolute atomic E-state index is 8.30.